The molecule has 0 unspecified atom stereocenters. The van der Waals surface area contributed by atoms with Crippen molar-refractivity contribution in [3.05, 3.63) is 98.0 Å². The van der Waals surface area contributed by atoms with Crippen molar-refractivity contribution in [1.29, 1.82) is 0 Å². The largest absolute Gasteiger partial charge is 0.331 e. The number of para-hydroxylation sites is 1. The van der Waals surface area contributed by atoms with E-state index >= 15 is 0 Å². The maximum Gasteiger partial charge on any atom is 0.266 e. The van der Waals surface area contributed by atoms with E-state index in [0.29, 0.717) is 27.8 Å². The molecule has 0 atom stereocenters. The summed E-state index contributed by atoms with van der Waals surface area (Å²) in [6.45, 7) is 0. The lowest BCUT2D eigenvalue weighted by atomic mass is 10.1. The number of benzene rings is 3. The van der Waals surface area contributed by atoms with Crippen LogP contribution in [0.5, 0.6) is 0 Å². The molecule has 4 aromatic rings. The van der Waals surface area contributed by atoms with Crippen LogP contribution in [0.4, 0.5) is 5.69 Å². The average molecular weight is 452 g/mol. The molecule has 7 heteroatoms. The zero-order valence-electron chi connectivity index (χ0n) is 14.5. The number of fused-ring (bicyclic) bond motifs is 1. The smallest absolute Gasteiger partial charge is 0.266 e. The third-order valence-electron chi connectivity index (χ3n) is 4.28. The van der Waals surface area contributed by atoms with Crippen LogP contribution in [0.3, 0.4) is 0 Å². The summed E-state index contributed by atoms with van der Waals surface area (Å²) in [6.07, 6.45) is 0. The Morgan fingerprint density at radius 1 is 1.00 bits per heavy atom. The number of anilines is 1. The van der Waals surface area contributed by atoms with Crippen molar-refractivity contribution in [2.24, 2.45) is 0 Å². The van der Waals surface area contributed by atoms with Crippen LogP contribution in [0.1, 0.15) is 10.4 Å². The van der Waals surface area contributed by atoms with E-state index in [1.165, 1.54) is 4.57 Å². The highest BCUT2D eigenvalue weighted by molar-refractivity contribution is 9.10. The van der Waals surface area contributed by atoms with Gasteiger partial charge in [0.15, 0.2) is 4.77 Å². The van der Waals surface area contributed by atoms with Gasteiger partial charge in [-0.05, 0) is 66.8 Å². The van der Waals surface area contributed by atoms with Crippen LogP contribution in [-0.2, 0) is 0 Å². The second kappa shape index (κ2) is 7.53. The summed E-state index contributed by atoms with van der Waals surface area (Å²) in [6, 6.07) is 21.4. The molecule has 1 aromatic heterocycles. The van der Waals surface area contributed by atoms with E-state index in [2.05, 4.69) is 26.2 Å². The number of aromatic nitrogens is 2. The van der Waals surface area contributed by atoms with Gasteiger partial charge in [0.2, 0.25) is 0 Å². The van der Waals surface area contributed by atoms with Gasteiger partial charge in [-0.15, -0.1) is 0 Å². The zero-order chi connectivity index (χ0) is 19.7. The summed E-state index contributed by atoms with van der Waals surface area (Å²) in [5.41, 5.74) is 2.09. The molecular formula is C21H14BrN3O2S. The summed E-state index contributed by atoms with van der Waals surface area (Å²) < 4.78 is 2.65. The molecule has 0 aliphatic carbocycles. The number of carbonyl (C=O) groups is 1. The monoisotopic (exact) mass is 451 g/mol. The zero-order valence-corrected chi connectivity index (χ0v) is 16.9. The molecule has 0 saturated carbocycles. The number of carbonyl (C=O) groups excluding carboxylic acids is 1. The number of hydrogen-bond acceptors (Lipinski definition) is 3. The molecule has 0 aliphatic heterocycles. The Hall–Kier alpha value is -3.03. The van der Waals surface area contributed by atoms with Gasteiger partial charge in [0.05, 0.1) is 16.6 Å². The van der Waals surface area contributed by atoms with E-state index in [0.717, 1.165) is 4.47 Å². The van der Waals surface area contributed by atoms with Gasteiger partial charge in [-0.3, -0.25) is 14.2 Å². The van der Waals surface area contributed by atoms with Crippen LogP contribution in [0, 0.1) is 4.77 Å². The van der Waals surface area contributed by atoms with E-state index < -0.39 is 0 Å². The Labute approximate surface area is 173 Å². The first-order valence-corrected chi connectivity index (χ1v) is 9.64. The van der Waals surface area contributed by atoms with Crippen molar-refractivity contribution >= 4 is 50.6 Å². The standard InChI is InChI=1S/C21H14BrN3O2S/c22-14-7-9-15(10-8-14)23-19(26)13-6-11-17-18(12-13)24-21(28)25(20(17)27)16-4-2-1-3-5-16/h1-12H,(H,23,26)(H,24,28). The molecule has 0 aliphatic rings. The van der Waals surface area contributed by atoms with Crippen molar-refractivity contribution in [2.75, 3.05) is 5.32 Å². The Balaban J connectivity index is 1.74. The fourth-order valence-electron chi connectivity index (χ4n) is 2.91. The van der Waals surface area contributed by atoms with Gasteiger partial charge in [0.1, 0.15) is 0 Å². The molecule has 0 fully saturated rings. The quantitative estimate of drug-likeness (QED) is 0.427. The van der Waals surface area contributed by atoms with E-state index in [9.17, 15) is 9.59 Å². The highest BCUT2D eigenvalue weighted by Crippen LogP contribution is 2.17. The fraction of sp³-hybridized carbons (Fsp3) is 0. The van der Waals surface area contributed by atoms with Crippen molar-refractivity contribution in [3.63, 3.8) is 0 Å². The van der Waals surface area contributed by atoms with E-state index in [4.69, 9.17) is 12.2 Å². The lowest BCUT2D eigenvalue weighted by Gasteiger charge is -2.10. The van der Waals surface area contributed by atoms with Crippen molar-refractivity contribution in [2.45, 2.75) is 0 Å². The number of nitrogens with zero attached hydrogens (tertiary/aromatic N) is 1. The molecule has 0 saturated heterocycles. The number of amides is 1. The predicted molar refractivity (Wildman–Crippen MR) is 117 cm³/mol. The molecule has 4 rings (SSSR count). The Bertz CT molecular complexity index is 1300. The van der Waals surface area contributed by atoms with E-state index in [1.54, 1.807) is 30.3 Å². The lowest BCUT2D eigenvalue weighted by molar-refractivity contribution is 0.102. The van der Waals surface area contributed by atoms with Gasteiger partial charge in [0.25, 0.3) is 11.5 Å². The first-order chi connectivity index (χ1) is 13.5. The second-order valence-electron chi connectivity index (χ2n) is 6.13. The van der Waals surface area contributed by atoms with E-state index in [1.807, 2.05) is 42.5 Å². The topological polar surface area (TPSA) is 66.9 Å². The average Bonchev–Trinajstić information content (AvgIpc) is 2.70. The van der Waals surface area contributed by atoms with Crippen LogP contribution in [-0.4, -0.2) is 15.5 Å². The summed E-state index contributed by atoms with van der Waals surface area (Å²) in [7, 11) is 0. The normalized spacial score (nSPS) is 10.8. The minimum Gasteiger partial charge on any atom is -0.331 e. The Kier molecular flexibility index (Phi) is 4.93. The van der Waals surface area contributed by atoms with Crippen LogP contribution < -0.4 is 10.9 Å². The second-order valence-corrected chi connectivity index (χ2v) is 7.43. The maximum absolute atomic E-state index is 12.9. The molecule has 1 heterocycles. The minimum absolute atomic E-state index is 0.232. The SMILES string of the molecule is O=C(Nc1ccc(Br)cc1)c1ccc2c(=O)n(-c3ccccc3)c(=S)[nH]c2c1. The first-order valence-electron chi connectivity index (χ1n) is 8.44. The highest BCUT2D eigenvalue weighted by atomic mass is 79.9. The first kappa shape index (κ1) is 18.3. The number of halogens is 1. The van der Waals surface area contributed by atoms with E-state index in [-0.39, 0.29) is 16.2 Å². The van der Waals surface area contributed by atoms with Crippen molar-refractivity contribution in [3.8, 4) is 5.69 Å². The molecule has 3 aromatic carbocycles. The third kappa shape index (κ3) is 3.54. The number of hydrogen-bond donors (Lipinski definition) is 2. The van der Waals surface area contributed by atoms with Crippen LogP contribution in [0.15, 0.2) is 82.1 Å². The van der Waals surface area contributed by atoms with Gasteiger partial charge >= 0.3 is 0 Å². The molecule has 1 amide bonds. The summed E-state index contributed by atoms with van der Waals surface area (Å²) in [5.74, 6) is -0.268. The van der Waals surface area contributed by atoms with Crippen LogP contribution >= 0.6 is 28.1 Å². The Morgan fingerprint density at radius 3 is 2.43 bits per heavy atom. The number of aromatic amines is 1. The molecule has 2 N–H and O–H groups in total. The molecule has 138 valence electrons. The summed E-state index contributed by atoms with van der Waals surface area (Å²) in [5, 5.41) is 3.29. The number of rotatable bonds is 3. The van der Waals surface area contributed by atoms with Gasteiger partial charge in [0, 0.05) is 15.7 Å². The maximum atomic E-state index is 12.9. The number of nitrogens with one attached hydrogen (secondary N) is 2. The summed E-state index contributed by atoms with van der Waals surface area (Å²) in [4.78, 5) is 28.5. The van der Waals surface area contributed by atoms with Crippen molar-refractivity contribution < 1.29 is 4.79 Å². The van der Waals surface area contributed by atoms with Gasteiger partial charge in [-0.25, -0.2) is 0 Å². The fourth-order valence-corrected chi connectivity index (χ4v) is 3.47. The molecular weight excluding hydrogens is 438 g/mol. The van der Waals surface area contributed by atoms with Gasteiger partial charge < -0.3 is 10.3 Å². The third-order valence-corrected chi connectivity index (χ3v) is 5.09. The molecule has 0 radical (unpaired) electrons. The van der Waals surface area contributed by atoms with Gasteiger partial charge in [-0.2, -0.15) is 0 Å². The molecule has 28 heavy (non-hydrogen) atoms. The van der Waals surface area contributed by atoms with Crippen molar-refractivity contribution in [1.82, 2.24) is 9.55 Å². The minimum atomic E-state index is -0.268. The number of H-pyrrole nitrogens is 1. The predicted octanol–water partition coefficient (Wildman–Crippen LogP) is 5.06. The summed E-state index contributed by atoms with van der Waals surface area (Å²) >= 11 is 8.74. The van der Waals surface area contributed by atoms with Crippen LogP contribution in [0.2, 0.25) is 0 Å². The molecule has 5 nitrogen and oxygen atoms in total. The lowest BCUT2D eigenvalue weighted by Crippen LogP contribution is -2.21. The highest BCUT2D eigenvalue weighted by Gasteiger charge is 2.11. The van der Waals surface area contributed by atoms with Crippen LogP contribution in [0.25, 0.3) is 16.6 Å². The van der Waals surface area contributed by atoms with Gasteiger partial charge in [-0.1, -0.05) is 34.1 Å². The molecule has 0 bridgehead atoms. The Morgan fingerprint density at radius 2 is 1.71 bits per heavy atom. The molecule has 0 spiro atoms.